The predicted octanol–water partition coefficient (Wildman–Crippen LogP) is 4.60. The Kier molecular flexibility index (Phi) is 5.22. The summed E-state index contributed by atoms with van der Waals surface area (Å²) in [6.07, 6.45) is 0.834. The van der Waals surface area contributed by atoms with Gasteiger partial charge in [0.1, 0.15) is 0 Å². The maximum absolute atomic E-state index is 12.5. The third-order valence-corrected chi connectivity index (χ3v) is 5.04. The maximum atomic E-state index is 12.5. The van der Waals surface area contributed by atoms with E-state index in [2.05, 4.69) is 0 Å². The predicted molar refractivity (Wildman–Crippen MR) is 93.5 cm³/mol. The fourth-order valence-electron chi connectivity index (χ4n) is 2.95. The van der Waals surface area contributed by atoms with Crippen molar-refractivity contribution in [3.8, 4) is 0 Å². The van der Waals surface area contributed by atoms with Crippen molar-refractivity contribution in [3.05, 3.63) is 69.7 Å². The van der Waals surface area contributed by atoms with Gasteiger partial charge >= 0.3 is 5.97 Å². The number of carbonyl (C=O) groups excluding carboxylic acids is 2. The van der Waals surface area contributed by atoms with Gasteiger partial charge in [-0.15, -0.1) is 0 Å². The van der Waals surface area contributed by atoms with E-state index in [1.54, 1.807) is 18.2 Å². The molecule has 3 nitrogen and oxygen atoms in total. The summed E-state index contributed by atoms with van der Waals surface area (Å²) in [7, 11) is 0. The van der Waals surface area contributed by atoms with Crippen LogP contribution in [0.3, 0.4) is 0 Å². The van der Waals surface area contributed by atoms with Gasteiger partial charge in [0.2, 0.25) is 0 Å². The zero-order chi connectivity index (χ0) is 17.1. The SMILES string of the molecule is O=C(C[C@@H]1COC(=O)[C@@H]1Cc1ccccc1)c1ccc(Cl)c(Cl)c1. The lowest BCUT2D eigenvalue weighted by Crippen LogP contribution is -2.21. The van der Waals surface area contributed by atoms with Crippen LogP contribution in [0.4, 0.5) is 0 Å². The lowest BCUT2D eigenvalue weighted by Gasteiger charge is -2.14. The molecule has 1 aliphatic rings. The molecule has 5 heteroatoms. The number of ketones is 1. The number of benzene rings is 2. The molecule has 0 saturated carbocycles. The van der Waals surface area contributed by atoms with Gasteiger partial charge in [-0.3, -0.25) is 9.59 Å². The summed E-state index contributed by atoms with van der Waals surface area (Å²) >= 11 is 11.9. The second-order valence-electron chi connectivity index (χ2n) is 5.94. The Morgan fingerprint density at radius 2 is 1.83 bits per heavy atom. The zero-order valence-electron chi connectivity index (χ0n) is 12.9. The summed E-state index contributed by atoms with van der Waals surface area (Å²) in [5, 5.41) is 0.761. The van der Waals surface area contributed by atoms with Crippen LogP contribution >= 0.6 is 23.2 Å². The highest BCUT2D eigenvalue weighted by molar-refractivity contribution is 6.42. The molecule has 0 radical (unpaired) electrons. The Hall–Kier alpha value is -1.84. The average Bonchev–Trinajstić information content (AvgIpc) is 2.91. The van der Waals surface area contributed by atoms with E-state index in [9.17, 15) is 9.59 Å². The molecule has 0 N–H and O–H groups in total. The molecular weight excluding hydrogens is 347 g/mol. The van der Waals surface area contributed by atoms with Gasteiger partial charge in [-0.05, 0) is 30.2 Å². The Balaban J connectivity index is 1.71. The molecule has 1 heterocycles. The van der Waals surface area contributed by atoms with Crippen LogP contribution in [0.15, 0.2) is 48.5 Å². The summed E-state index contributed by atoms with van der Waals surface area (Å²) < 4.78 is 5.19. The number of cyclic esters (lactones) is 1. The molecule has 2 aromatic carbocycles. The van der Waals surface area contributed by atoms with Gasteiger partial charge in [-0.25, -0.2) is 0 Å². The van der Waals surface area contributed by atoms with Crippen LogP contribution < -0.4 is 0 Å². The minimum atomic E-state index is -0.292. The molecule has 1 fully saturated rings. The smallest absolute Gasteiger partial charge is 0.309 e. The van der Waals surface area contributed by atoms with Crippen molar-refractivity contribution in [2.24, 2.45) is 11.8 Å². The van der Waals surface area contributed by atoms with Crippen molar-refractivity contribution in [2.75, 3.05) is 6.61 Å². The van der Waals surface area contributed by atoms with Gasteiger partial charge in [0.05, 0.1) is 22.6 Å². The van der Waals surface area contributed by atoms with Gasteiger partial charge in [0.15, 0.2) is 5.78 Å². The first-order valence-electron chi connectivity index (χ1n) is 7.73. The van der Waals surface area contributed by atoms with E-state index in [1.165, 1.54) is 0 Å². The number of hydrogen-bond donors (Lipinski definition) is 0. The van der Waals surface area contributed by atoms with E-state index < -0.39 is 0 Å². The fourth-order valence-corrected chi connectivity index (χ4v) is 3.25. The van der Waals surface area contributed by atoms with E-state index in [0.717, 1.165) is 5.56 Å². The summed E-state index contributed by atoms with van der Waals surface area (Å²) in [4.78, 5) is 24.5. The van der Waals surface area contributed by atoms with Crippen LogP contribution in [-0.4, -0.2) is 18.4 Å². The quantitative estimate of drug-likeness (QED) is 0.576. The second kappa shape index (κ2) is 7.37. The van der Waals surface area contributed by atoms with Crippen molar-refractivity contribution in [2.45, 2.75) is 12.8 Å². The highest BCUT2D eigenvalue weighted by Gasteiger charge is 2.38. The van der Waals surface area contributed by atoms with Gasteiger partial charge in [-0.1, -0.05) is 53.5 Å². The minimum Gasteiger partial charge on any atom is -0.465 e. The Bertz CT molecular complexity index is 758. The Morgan fingerprint density at radius 3 is 2.54 bits per heavy atom. The van der Waals surface area contributed by atoms with Gasteiger partial charge in [-0.2, -0.15) is 0 Å². The second-order valence-corrected chi connectivity index (χ2v) is 6.76. The summed E-state index contributed by atoms with van der Waals surface area (Å²) in [6, 6.07) is 14.6. The van der Waals surface area contributed by atoms with Crippen LogP contribution in [-0.2, 0) is 16.0 Å². The molecule has 1 saturated heterocycles. The van der Waals surface area contributed by atoms with E-state index in [1.807, 2.05) is 30.3 Å². The number of ether oxygens (including phenoxy) is 1. The number of Topliss-reactive ketones (excluding diaryl/α,β-unsaturated/α-hetero) is 1. The first kappa shape index (κ1) is 17.0. The van der Waals surface area contributed by atoms with Gasteiger partial charge < -0.3 is 4.74 Å². The Labute approximate surface area is 150 Å². The Morgan fingerprint density at radius 1 is 1.08 bits per heavy atom. The van der Waals surface area contributed by atoms with Crippen LogP contribution in [0.25, 0.3) is 0 Å². The number of rotatable bonds is 5. The highest BCUT2D eigenvalue weighted by atomic mass is 35.5. The largest absolute Gasteiger partial charge is 0.465 e. The monoisotopic (exact) mass is 362 g/mol. The minimum absolute atomic E-state index is 0.0603. The number of esters is 1. The van der Waals surface area contributed by atoms with Gasteiger partial charge in [0, 0.05) is 17.9 Å². The third-order valence-electron chi connectivity index (χ3n) is 4.30. The molecule has 124 valence electrons. The first-order valence-corrected chi connectivity index (χ1v) is 8.49. The molecule has 0 spiro atoms. The molecule has 0 aromatic heterocycles. The standard InChI is InChI=1S/C19H16Cl2O3/c20-16-7-6-13(9-17(16)21)18(22)10-14-11-24-19(23)15(14)8-12-4-2-1-3-5-12/h1-7,9,14-15H,8,10-11H2/t14-,15-/m1/s1. The molecular formula is C19H16Cl2O3. The van der Waals surface area contributed by atoms with Crippen molar-refractivity contribution in [3.63, 3.8) is 0 Å². The normalized spacial score (nSPS) is 20.0. The van der Waals surface area contributed by atoms with E-state index in [0.29, 0.717) is 22.0 Å². The van der Waals surface area contributed by atoms with E-state index in [4.69, 9.17) is 27.9 Å². The molecule has 0 unspecified atom stereocenters. The molecule has 0 bridgehead atoms. The van der Waals surface area contributed by atoms with Crippen LogP contribution in [0.5, 0.6) is 0 Å². The lowest BCUT2D eigenvalue weighted by molar-refractivity contribution is -0.141. The van der Waals surface area contributed by atoms with Crippen molar-refractivity contribution >= 4 is 35.0 Å². The van der Waals surface area contributed by atoms with Crippen LogP contribution in [0, 0.1) is 11.8 Å². The molecule has 3 rings (SSSR count). The molecule has 1 aliphatic heterocycles. The molecule has 0 aliphatic carbocycles. The van der Waals surface area contributed by atoms with Crippen LogP contribution in [0.1, 0.15) is 22.3 Å². The topological polar surface area (TPSA) is 43.4 Å². The van der Waals surface area contributed by atoms with Crippen molar-refractivity contribution in [1.82, 2.24) is 0 Å². The van der Waals surface area contributed by atoms with Crippen molar-refractivity contribution < 1.29 is 14.3 Å². The molecule has 0 amide bonds. The number of hydrogen-bond acceptors (Lipinski definition) is 3. The summed E-state index contributed by atoms with van der Waals surface area (Å²) in [6.45, 7) is 0.281. The first-order chi connectivity index (χ1) is 11.5. The zero-order valence-corrected chi connectivity index (χ0v) is 14.4. The van der Waals surface area contributed by atoms with Crippen LogP contribution in [0.2, 0.25) is 10.0 Å². The average molecular weight is 363 g/mol. The molecule has 24 heavy (non-hydrogen) atoms. The number of carbonyl (C=O) groups is 2. The summed E-state index contributed by atoms with van der Waals surface area (Å²) in [5.74, 6) is -0.709. The molecule has 2 aromatic rings. The van der Waals surface area contributed by atoms with Gasteiger partial charge in [0.25, 0.3) is 0 Å². The highest BCUT2D eigenvalue weighted by Crippen LogP contribution is 2.30. The van der Waals surface area contributed by atoms with Crippen molar-refractivity contribution in [1.29, 1.82) is 0 Å². The molecule has 2 atom stereocenters. The maximum Gasteiger partial charge on any atom is 0.309 e. The summed E-state index contributed by atoms with van der Waals surface area (Å²) in [5.41, 5.74) is 1.57. The third kappa shape index (κ3) is 3.80. The number of halogens is 2. The van der Waals surface area contributed by atoms with E-state index >= 15 is 0 Å². The fraction of sp³-hybridized carbons (Fsp3) is 0.263. The van der Waals surface area contributed by atoms with E-state index in [-0.39, 0.29) is 36.6 Å². The lowest BCUT2D eigenvalue weighted by atomic mass is 9.85.